The molecule has 2 heteroatoms. The fraction of sp³-hybridized carbons (Fsp3) is 0.438. The molecule has 2 N–H and O–H groups in total. The number of nitrogens with zero attached hydrogens (tertiary/aromatic N) is 1. The summed E-state index contributed by atoms with van der Waals surface area (Å²) in [4.78, 5) is 4.22. The Morgan fingerprint density at radius 3 is 2.72 bits per heavy atom. The molecule has 1 unspecified atom stereocenters. The van der Waals surface area contributed by atoms with E-state index in [0.29, 0.717) is 0 Å². The van der Waals surface area contributed by atoms with Crippen molar-refractivity contribution in [3.8, 4) is 0 Å². The molecule has 0 aliphatic carbocycles. The van der Waals surface area contributed by atoms with Crippen LogP contribution in [-0.4, -0.2) is 11.0 Å². The normalized spacial score (nSPS) is 13.8. The van der Waals surface area contributed by atoms with Crippen LogP contribution in [0.5, 0.6) is 0 Å². The number of nitrogens with two attached hydrogens (primary N) is 1. The maximum atomic E-state index is 6.23. The highest BCUT2D eigenvalue weighted by Crippen LogP contribution is 2.24. The quantitative estimate of drug-likeness (QED) is 0.894. The van der Waals surface area contributed by atoms with Gasteiger partial charge in [-0.2, -0.15) is 0 Å². The summed E-state index contributed by atoms with van der Waals surface area (Å²) >= 11 is 0. The number of hydrogen-bond donors (Lipinski definition) is 1. The molecule has 0 fully saturated rings. The number of pyridine rings is 1. The van der Waals surface area contributed by atoms with Gasteiger partial charge in [0.2, 0.25) is 0 Å². The molecule has 2 aromatic rings. The van der Waals surface area contributed by atoms with Crippen LogP contribution < -0.4 is 5.73 Å². The standard InChI is InChI=1S/C16H22N2/c1-16(2,3)15(17)8-7-12-5-4-6-13-9-10-18-11-14(12)13/h4-6,9-11,15H,7-8,17H2,1-3H3. The molecule has 2 rings (SSSR count). The molecule has 1 aromatic heterocycles. The third-order valence-electron chi connectivity index (χ3n) is 3.61. The maximum Gasteiger partial charge on any atom is 0.0349 e. The number of benzene rings is 1. The van der Waals surface area contributed by atoms with Crippen LogP contribution in [0.2, 0.25) is 0 Å². The van der Waals surface area contributed by atoms with Gasteiger partial charge in [0.05, 0.1) is 0 Å². The first-order valence-corrected chi connectivity index (χ1v) is 6.55. The van der Waals surface area contributed by atoms with Crippen LogP contribution in [0.4, 0.5) is 0 Å². The molecule has 1 heterocycles. The summed E-state index contributed by atoms with van der Waals surface area (Å²) in [5.74, 6) is 0. The van der Waals surface area contributed by atoms with E-state index in [2.05, 4.69) is 50.0 Å². The van der Waals surface area contributed by atoms with E-state index in [0.717, 1.165) is 12.8 Å². The average Bonchev–Trinajstić information content (AvgIpc) is 2.34. The van der Waals surface area contributed by atoms with Crippen molar-refractivity contribution in [2.75, 3.05) is 0 Å². The Morgan fingerprint density at radius 2 is 2.00 bits per heavy atom. The van der Waals surface area contributed by atoms with Crippen LogP contribution in [0.15, 0.2) is 36.7 Å². The number of aryl methyl sites for hydroxylation is 1. The van der Waals surface area contributed by atoms with Gasteiger partial charge in [-0.05, 0) is 35.3 Å². The molecule has 18 heavy (non-hydrogen) atoms. The van der Waals surface area contributed by atoms with E-state index in [1.807, 2.05) is 12.4 Å². The van der Waals surface area contributed by atoms with Crippen molar-refractivity contribution in [1.29, 1.82) is 0 Å². The lowest BCUT2D eigenvalue weighted by atomic mass is 9.84. The van der Waals surface area contributed by atoms with Crippen molar-refractivity contribution >= 4 is 10.8 Å². The van der Waals surface area contributed by atoms with Crippen LogP contribution in [0.1, 0.15) is 32.8 Å². The zero-order chi connectivity index (χ0) is 13.2. The van der Waals surface area contributed by atoms with Crippen molar-refractivity contribution < 1.29 is 0 Å². The Bertz CT molecular complexity index is 521. The van der Waals surface area contributed by atoms with Crippen LogP contribution in [0.25, 0.3) is 10.8 Å². The predicted octanol–water partition coefficient (Wildman–Crippen LogP) is 3.54. The zero-order valence-corrected chi connectivity index (χ0v) is 11.5. The van der Waals surface area contributed by atoms with Crippen molar-refractivity contribution in [1.82, 2.24) is 4.98 Å². The highest BCUT2D eigenvalue weighted by atomic mass is 14.7. The van der Waals surface area contributed by atoms with E-state index in [1.54, 1.807) is 0 Å². The molecular weight excluding hydrogens is 220 g/mol. The lowest BCUT2D eigenvalue weighted by molar-refractivity contribution is 0.306. The third-order valence-corrected chi connectivity index (χ3v) is 3.61. The second kappa shape index (κ2) is 5.07. The molecule has 0 bridgehead atoms. The number of rotatable bonds is 3. The topological polar surface area (TPSA) is 38.9 Å². The molecule has 2 nitrogen and oxygen atoms in total. The van der Waals surface area contributed by atoms with E-state index in [9.17, 15) is 0 Å². The summed E-state index contributed by atoms with van der Waals surface area (Å²) in [7, 11) is 0. The van der Waals surface area contributed by atoms with Crippen molar-refractivity contribution in [2.24, 2.45) is 11.1 Å². The summed E-state index contributed by atoms with van der Waals surface area (Å²) in [5, 5.41) is 2.51. The Hall–Kier alpha value is -1.41. The summed E-state index contributed by atoms with van der Waals surface area (Å²) in [6.07, 6.45) is 5.82. The van der Waals surface area contributed by atoms with Gasteiger partial charge in [-0.1, -0.05) is 39.0 Å². The number of aromatic nitrogens is 1. The summed E-state index contributed by atoms with van der Waals surface area (Å²) in [6, 6.07) is 8.70. The summed E-state index contributed by atoms with van der Waals surface area (Å²) in [6.45, 7) is 6.59. The molecular formula is C16H22N2. The fourth-order valence-electron chi connectivity index (χ4n) is 2.14. The number of hydrogen-bond acceptors (Lipinski definition) is 2. The molecule has 0 amide bonds. The summed E-state index contributed by atoms with van der Waals surface area (Å²) < 4.78 is 0. The van der Waals surface area contributed by atoms with Crippen LogP contribution in [0.3, 0.4) is 0 Å². The first kappa shape index (κ1) is 13.0. The van der Waals surface area contributed by atoms with E-state index in [4.69, 9.17) is 5.73 Å². The predicted molar refractivity (Wildman–Crippen MR) is 77.5 cm³/mol. The molecule has 1 aromatic carbocycles. The van der Waals surface area contributed by atoms with Crippen LogP contribution in [-0.2, 0) is 6.42 Å². The smallest absolute Gasteiger partial charge is 0.0349 e. The first-order valence-electron chi connectivity index (χ1n) is 6.55. The van der Waals surface area contributed by atoms with Gasteiger partial charge < -0.3 is 5.73 Å². The molecule has 1 atom stereocenters. The first-order chi connectivity index (χ1) is 8.48. The molecule has 0 saturated heterocycles. The number of fused-ring (bicyclic) bond motifs is 1. The van der Waals surface area contributed by atoms with Gasteiger partial charge in [-0.3, -0.25) is 4.98 Å². The molecule has 0 spiro atoms. The van der Waals surface area contributed by atoms with Gasteiger partial charge >= 0.3 is 0 Å². The van der Waals surface area contributed by atoms with E-state index < -0.39 is 0 Å². The Balaban J connectivity index is 2.18. The highest BCUT2D eigenvalue weighted by Gasteiger charge is 2.20. The molecule has 96 valence electrons. The minimum atomic E-state index is 0.169. The van der Waals surface area contributed by atoms with Gasteiger partial charge in [0.25, 0.3) is 0 Å². The van der Waals surface area contributed by atoms with Gasteiger partial charge in [-0.15, -0.1) is 0 Å². The van der Waals surface area contributed by atoms with Crippen LogP contribution in [0, 0.1) is 5.41 Å². The summed E-state index contributed by atoms with van der Waals surface area (Å²) in [5.41, 5.74) is 7.74. The molecule has 0 saturated carbocycles. The van der Waals surface area contributed by atoms with Gasteiger partial charge in [0.15, 0.2) is 0 Å². The molecule has 0 radical (unpaired) electrons. The van der Waals surface area contributed by atoms with Gasteiger partial charge in [0.1, 0.15) is 0 Å². The molecule has 0 aliphatic heterocycles. The van der Waals surface area contributed by atoms with E-state index >= 15 is 0 Å². The SMILES string of the molecule is CC(C)(C)C(N)CCc1cccc2ccncc12. The third kappa shape index (κ3) is 2.88. The minimum Gasteiger partial charge on any atom is -0.327 e. The lowest BCUT2D eigenvalue weighted by Gasteiger charge is -2.27. The second-order valence-electron chi connectivity index (χ2n) is 6.03. The van der Waals surface area contributed by atoms with Gasteiger partial charge in [0, 0.05) is 23.8 Å². The Morgan fingerprint density at radius 1 is 1.22 bits per heavy atom. The maximum absolute atomic E-state index is 6.23. The Labute approximate surface area is 109 Å². The van der Waals surface area contributed by atoms with E-state index in [1.165, 1.54) is 16.3 Å². The zero-order valence-electron chi connectivity index (χ0n) is 11.5. The Kier molecular flexibility index (Phi) is 3.67. The highest BCUT2D eigenvalue weighted by molar-refractivity contribution is 5.84. The lowest BCUT2D eigenvalue weighted by Crippen LogP contribution is -2.35. The van der Waals surface area contributed by atoms with E-state index in [-0.39, 0.29) is 11.5 Å². The monoisotopic (exact) mass is 242 g/mol. The largest absolute Gasteiger partial charge is 0.327 e. The van der Waals surface area contributed by atoms with Crippen molar-refractivity contribution in [2.45, 2.75) is 39.7 Å². The van der Waals surface area contributed by atoms with Crippen molar-refractivity contribution in [3.63, 3.8) is 0 Å². The van der Waals surface area contributed by atoms with Crippen LogP contribution >= 0.6 is 0 Å². The molecule has 0 aliphatic rings. The fourth-order valence-corrected chi connectivity index (χ4v) is 2.14. The second-order valence-corrected chi connectivity index (χ2v) is 6.03. The minimum absolute atomic E-state index is 0.169. The average molecular weight is 242 g/mol. The van der Waals surface area contributed by atoms with Gasteiger partial charge in [-0.25, -0.2) is 0 Å². The van der Waals surface area contributed by atoms with Crippen molar-refractivity contribution in [3.05, 3.63) is 42.2 Å².